The zero-order valence-corrected chi connectivity index (χ0v) is 11.6. The van der Waals surface area contributed by atoms with Crippen molar-refractivity contribution in [2.24, 2.45) is 0 Å². The number of aromatic amines is 1. The maximum absolute atomic E-state index is 13.8. The molecule has 0 atom stereocenters. The zero-order valence-electron chi connectivity index (χ0n) is 10.9. The highest BCUT2D eigenvalue weighted by molar-refractivity contribution is 6.37. The smallest absolute Gasteiger partial charge is 0.201 e. The third kappa shape index (κ3) is 2.10. The Balaban J connectivity index is 2.26. The van der Waals surface area contributed by atoms with Gasteiger partial charge >= 0.3 is 0 Å². The molecule has 21 heavy (non-hydrogen) atoms. The molecule has 0 radical (unpaired) electrons. The van der Waals surface area contributed by atoms with E-state index in [0.29, 0.717) is 21.6 Å². The average molecular weight is 307 g/mol. The Morgan fingerprint density at radius 3 is 2.62 bits per heavy atom. The summed E-state index contributed by atoms with van der Waals surface area (Å²) >= 11 is 6.18. The monoisotopic (exact) mass is 306 g/mol. The molecule has 2 aromatic heterocycles. The Hall–Kier alpha value is -2.27. The van der Waals surface area contributed by atoms with Crippen molar-refractivity contribution in [1.29, 1.82) is 0 Å². The van der Waals surface area contributed by atoms with Gasteiger partial charge in [-0.1, -0.05) is 17.7 Å². The van der Waals surface area contributed by atoms with Gasteiger partial charge < -0.3 is 4.98 Å². The molecule has 0 aliphatic heterocycles. The van der Waals surface area contributed by atoms with E-state index in [4.69, 9.17) is 11.6 Å². The van der Waals surface area contributed by atoms with Crippen molar-refractivity contribution < 1.29 is 13.6 Å². The van der Waals surface area contributed by atoms with Gasteiger partial charge in [0.15, 0.2) is 0 Å². The molecule has 6 heteroatoms. The van der Waals surface area contributed by atoms with Crippen molar-refractivity contribution in [3.05, 3.63) is 63.9 Å². The molecule has 0 aliphatic rings. The minimum absolute atomic E-state index is 0.0928. The minimum atomic E-state index is -0.911. The van der Waals surface area contributed by atoms with Crippen LogP contribution in [0.5, 0.6) is 0 Å². The van der Waals surface area contributed by atoms with Crippen LogP contribution < -0.4 is 0 Å². The number of hydrogen-bond acceptors (Lipinski definition) is 2. The minimum Gasteiger partial charge on any atom is -0.345 e. The fourth-order valence-corrected chi connectivity index (χ4v) is 2.42. The van der Waals surface area contributed by atoms with Gasteiger partial charge in [-0.05, 0) is 24.6 Å². The summed E-state index contributed by atoms with van der Waals surface area (Å²) in [5.74, 6) is -2.59. The number of pyridine rings is 1. The summed E-state index contributed by atoms with van der Waals surface area (Å²) in [6.45, 7) is 1.74. The number of aromatic nitrogens is 2. The standard InChI is InChI=1S/C15H9ClF2N2O/c1-7-5-19-15-11(13(7)16)8(6-20-15)14(21)12-9(17)3-2-4-10(12)18/h2-6H,1H3,(H,19,20). The lowest BCUT2D eigenvalue weighted by molar-refractivity contribution is 0.103. The molecule has 0 spiro atoms. The predicted molar refractivity (Wildman–Crippen MR) is 75.6 cm³/mol. The highest BCUT2D eigenvalue weighted by Crippen LogP contribution is 2.30. The van der Waals surface area contributed by atoms with Crippen LogP contribution in [-0.4, -0.2) is 15.8 Å². The van der Waals surface area contributed by atoms with E-state index in [1.807, 2.05) is 0 Å². The Labute approximate surface area is 123 Å². The number of nitrogens with zero attached hydrogens (tertiary/aromatic N) is 1. The molecule has 0 bridgehead atoms. The number of ketones is 1. The molecule has 1 aromatic carbocycles. The van der Waals surface area contributed by atoms with Gasteiger partial charge in [0.05, 0.1) is 16.1 Å². The van der Waals surface area contributed by atoms with Gasteiger partial charge in [0.2, 0.25) is 5.78 Å². The number of hydrogen-bond donors (Lipinski definition) is 1. The summed E-state index contributed by atoms with van der Waals surface area (Å²) in [6, 6.07) is 3.28. The number of aryl methyl sites for hydroxylation is 1. The SMILES string of the molecule is Cc1cnc2[nH]cc(C(=O)c3c(F)cccc3F)c2c1Cl. The van der Waals surface area contributed by atoms with Crippen LogP contribution in [0.15, 0.2) is 30.6 Å². The number of halogens is 3. The lowest BCUT2D eigenvalue weighted by Gasteiger charge is -2.05. The first-order chi connectivity index (χ1) is 10.0. The number of carbonyl (C=O) groups excluding carboxylic acids is 1. The largest absolute Gasteiger partial charge is 0.345 e. The van der Waals surface area contributed by atoms with Gasteiger partial charge in [-0.25, -0.2) is 13.8 Å². The fraction of sp³-hybridized carbons (Fsp3) is 0.0667. The van der Waals surface area contributed by atoms with Gasteiger partial charge in [0.25, 0.3) is 0 Å². The Kier molecular flexibility index (Phi) is 3.22. The molecule has 1 N–H and O–H groups in total. The zero-order chi connectivity index (χ0) is 15.1. The number of carbonyl (C=O) groups is 1. The molecule has 2 heterocycles. The van der Waals surface area contributed by atoms with E-state index in [1.165, 1.54) is 12.3 Å². The summed E-state index contributed by atoms with van der Waals surface area (Å²) in [5, 5.41) is 0.700. The topological polar surface area (TPSA) is 45.8 Å². The summed E-state index contributed by atoms with van der Waals surface area (Å²) in [7, 11) is 0. The molecule has 0 unspecified atom stereocenters. The highest BCUT2D eigenvalue weighted by Gasteiger charge is 2.23. The van der Waals surface area contributed by atoms with Crippen LogP contribution in [0.4, 0.5) is 8.78 Å². The van der Waals surface area contributed by atoms with Crippen molar-refractivity contribution in [2.75, 3.05) is 0 Å². The predicted octanol–water partition coefficient (Wildman–Crippen LogP) is 4.03. The van der Waals surface area contributed by atoms with Gasteiger partial charge in [-0.15, -0.1) is 0 Å². The molecule has 3 rings (SSSR count). The fourth-order valence-electron chi connectivity index (χ4n) is 2.18. The van der Waals surface area contributed by atoms with Crippen molar-refractivity contribution in [3.8, 4) is 0 Å². The molecular formula is C15H9ClF2N2O. The molecule has 0 amide bonds. The van der Waals surface area contributed by atoms with E-state index in [-0.39, 0.29) is 5.56 Å². The van der Waals surface area contributed by atoms with Gasteiger partial charge in [-0.3, -0.25) is 4.79 Å². The van der Waals surface area contributed by atoms with Crippen LogP contribution in [-0.2, 0) is 0 Å². The van der Waals surface area contributed by atoms with Crippen LogP contribution in [0, 0.1) is 18.6 Å². The quantitative estimate of drug-likeness (QED) is 0.726. The van der Waals surface area contributed by atoms with E-state index >= 15 is 0 Å². The highest BCUT2D eigenvalue weighted by atomic mass is 35.5. The van der Waals surface area contributed by atoms with Crippen LogP contribution >= 0.6 is 11.6 Å². The summed E-state index contributed by atoms with van der Waals surface area (Å²) in [6.07, 6.45) is 2.91. The second-order valence-corrected chi connectivity index (χ2v) is 4.98. The van der Waals surface area contributed by atoms with Gasteiger partial charge in [-0.2, -0.15) is 0 Å². The maximum atomic E-state index is 13.8. The first-order valence-electron chi connectivity index (χ1n) is 6.11. The average Bonchev–Trinajstić information content (AvgIpc) is 2.87. The van der Waals surface area contributed by atoms with Crippen molar-refractivity contribution in [3.63, 3.8) is 0 Å². The lowest BCUT2D eigenvalue weighted by Crippen LogP contribution is -2.07. The van der Waals surface area contributed by atoms with Gasteiger partial charge in [0, 0.05) is 17.8 Å². The number of rotatable bonds is 2. The Bertz CT molecular complexity index is 853. The van der Waals surface area contributed by atoms with Crippen LogP contribution in [0.1, 0.15) is 21.5 Å². The van der Waals surface area contributed by atoms with Crippen molar-refractivity contribution in [1.82, 2.24) is 9.97 Å². The second kappa shape index (κ2) is 4.93. The summed E-state index contributed by atoms with van der Waals surface area (Å²) in [5.41, 5.74) is 0.559. The first-order valence-corrected chi connectivity index (χ1v) is 6.49. The third-order valence-electron chi connectivity index (χ3n) is 3.25. The van der Waals surface area contributed by atoms with E-state index in [9.17, 15) is 13.6 Å². The number of nitrogens with one attached hydrogen (secondary N) is 1. The van der Waals surface area contributed by atoms with Crippen molar-refractivity contribution >= 4 is 28.4 Å². The first kappa shape index (κ1) is 13.7. The molecule has 0 saturated heterocycles. The number of benzene rings is 1. The van der Waals surface area contributed by atoms with E-state index in [2.05, 4.69) is 9.97 Å². The summed E-state index contributed by atoms with van der Waals surface area (Å²) < 4.78 is 27.5. The van der Waals surface area contributed by atoms with Crippen LogP contribution in [0.2, 0.25) is 5.02 Å². The Morgan fingerprint density at radius 2 is 1.95 bits per heavy atom. The Morgan fingerprint density at radius 1 is 1.29 bits per heavy atom. The molecule has 106 valence electrons. The second-order valence-electron chi connectivity index (χ2n) is 4.61. The van der Waals surface area contributed by atoms with Crippen molar-refractivity contribution in [2.45, 2.75) is 6.92 Å². The normalized spacial score (nSPS) is 11.0. The molecular weight excluding hydrogens is 298 g/mol. The number of fused-ring (bicyclic) bond motifs is 1. The third-order valence-corrected chi connectivity index (χ3v) is 3.73. The van der Waals surface area contributed by atoms with Gasteiger partial charge in [0.1, 0.15) is 17.3 Å². The summed E-state index contributed by atoms with van der Waals surface area (Å²) in [4.78, 5) is 19.3. The molecule has 0 fully saturated rings. The molecule has 0 saturated carbocycles. The maximum Gasteiger partial charge on any atom is 0.201 e. The van der Waals surface area contributed by atoms with E-state index in [1.54, 1.807) is 13.1 Å². The molecule has 3 nitrogen and oxygen atoms in total. The van der Waals surface area contributed by atoms with Crippen LogP contribution in [0.3, 0.4) is 0 Å². The molecule has 3 aromatic rings. The van der Waals surface area contributed by atoms with E-state index < -0.39 is 23.0 Å². The van der Waals surface area contributed by atoms with Crippen LogP contribution in [0.25, 0.3) is 11.0 Å². The number of H-pyrrole nitrogens is 1. The molecule has 0 aliphatic carbocycles. The van der Waals surface area contributed by atoms with E-state index in [0.717, 1.165) is 12.1 Å². The lowest BCUT2D eigenvalue weighted by atomic mass is 10.0.